The maximum absolute atomic E-state index is 12.8. The summed E-state index contributed by atoms with van der Waals surface area (Å²) in [6.07, 6.45) is 3.42. The van der Waals surface area contributed by atoms with Crippen molar-refractivity contribution < 1.29 is 4.79 Å². The summed E-state index contributed by atoms with van der Waals surface area (Å²) in [6.45, 7) is 1.83. The summed E-state index contributed by atoms with van der Waals surface area (Å²) in [5.74, 6) is 5.89. The van der Waals surface area contributed by atoms with E-state index in [1.54, 1.807) is 12.4 Å². The minimum absolute atomic E-state index is 0.197. The predicted octanol–water partition coefficient (Wildman–Crippen LogP) is 4.56. The van der Waals surface area contributed by atoms with Crippen LogP contribution >= 0.6 is 11.3 Å². The lowest BCUT2D eigenvalue weighted by Crippen LogP contribution is -2.11. The molecule has 0 aliphatic carbocycles. The Hall–Kier alpha value is -3.82. The number of nitrogens with zero attached hydrogens (tertiary/aromatic N) is 3. The van der Waals surface area contributed by atoms with Crippen LogP contribution in [0.15, 0.2) is 73.1 Å². The van der Waals surface area contributed by atoms with Crippen LogP contribution in [0.2, 0.25) is 0 Å². The van der Waals surface area contributed by atoms with Gasteiger partial charge in [-0.25, -0.2) is 9.97 Å². The van der Waals surface area contributed by atoms with Gasteiger partial charge in [0.2, 0.25) is 0 Å². The van der Waals surface area contributed by atoms with Gasteiger partial charge < -0.3 is 5.32 Å². The highest BCUT2D eigenvalue weighted by atomic mass is 32.1. The van der Waals surface area contributed by atoms with Crippen molar-refractivity contribution in [2.75, 3.05) is 5.32 Å². The molecular formula is C23H16N4OS. The Kier molecular flexibility index (Phi) is 5.41. The van der Waals surface area contributed by atoms with E-state index in [4.69, 9.17) is 0 Å². The standard InChI is InChI=1S/C23H16N4OS/c1-16-21(29-23(26-16)20-10-3-5-14-25-20)22(28)27-19-9-6-7-17(15-19)11-12-18-8-2-4-13-24-18/h2-10,13-15H,1H3,(H,27,28). The third kappa shape index (κ3) is 4.54. The first-order valence-corrected chi connectivity index (χ1v) is 9.74. The summed E-state index contributed by atoms with van der Waals surface area (Å²) >= 11 is 1.33. The maximum Gasteiger partial charge on any atom is 0.267 e. The molecule has 0 aliphatic rings. The van der Waals surface area contributed by atoms with E-state index in [0.29, 0.717) is 22.0 Å². The lowest BCUT2D eigenvalue weighted by molar-refractivity contribution is 0.103. The van der Waals surface area contributed by atoms with Crippen molar-refractivity contribution in [3.8, 4) is 22.5 Å². The molecular weight excluding hydrogens is 380 g/mol. The van der Waals surface area contributed by atoms with Crippen molar-refractivity contribution in [3.05, 3.63) is 94.9 Å². The number of carbonyl (C=O) groups excluding carboxylic acids is 1. The van der Waals surface area contributed by atoms with Crippen molar-refractivity contribution in [1.82, 2.24) is 15.0 Å². The van der Waals surface area contributed by atoms with Crippen molar-refractivity contribution in [1.29, 1.82) is 0 Å². The second kappa shape index (κ2) is 8.46. The Morgan fingerprint density at radius 1 is 0.966 bits per heavy atom. The quantitative estimate of drug-likeness (QED) is 0.516. The molecule has 140 valence electrons. The topological polar surface area (TPSA) is 67.8 Å². The van der Waals surface area contributed by atoms with E-state index in [-0.39, 0.29) is 5.91 Å². The summed E-state index contributed by atoms with van der Waals surface area (Å²) in [5, 5.41) is 3.66. The third-order valence-corrected chi connectivity index (χ3v) is 5.19. The lowest BCUT2D eigenvalue weighted by Gasteiger charge is -2.04. The van der Waals surface area contributed by atoms with Crippen LogP contribution in [-0.4, -0.2) is 20.9 Å². The maximum atomic E-state index is 12.8. The van der Waals surface area contributed by atoms with E-state index in [2.05, 4.69) is 32.1 Å². The minimum Gasteiger partial charge on any atom is -0.321 e. The number of anilines is 1. The van der Waals surface area contributed by atoms with Crippen molar-refractivity contribution in [2.24, 2.45) is 0 Å². The monoisotopic (exact) mass is 396 g/mol. The highest BCUT2D eigenvalue weighted by Gasteiger charge is 2.17. The van der Waals surface area contributed by atoms with Gasteiger partial charge in [-0.2, -0.15) is 0 Å². The first-order chi connectivity index (χ1) is 14.2. The number of thiazole rings is 1. The molecule has 29 heavy (non-hydrogen) atoms. The Labute approximate surface area is 172 Å². The van der Waals surface area contributed by atoms with Gasteiger partial charge in [0.15, 0.2) is 0 Å². The van der Waals surface area contributed by atoms with Crippen LogP contribution in [0.1, 0.15) is 26.6 Å². The van der Waals surface area contributed by atoms with E-state index in [9.17, 15) is 4.79 Å². The SMILES string of the molecule is Cc1nc(-c2ccccn2)sc1C(=O)Nc1cccc(C#Cc2ccccn2)c1. The fraction of sp³-hybridized carbons (Fsp3) is 0.0435. The Balaban J connectivity index is 1.52. The van der Waals surface area contributed by atoms with E-state index in [1.807, 2.05) is 67.6 Å². The summed E-state index contributed by atoms with van der Waals surface area (Å²) in [5.41, 5.74) is 3.61. The molecule has 0 spiro atoms. The summed E-state index contributed by atoms with van der Waals surface area (Å²) in [6, 6.07) is 18.6. The molecule has 0 atom stereocenters. The molecule has 0 saturated carbocycles. The fourth-order valence-electron chi connectivity index (χ4n) is 2.64. The second-order valence-corrected chi connectivity index (χ2v) is 7.15. The van der Waals surface area contributed by atoms with Gasteiger partial charge in [-0.05, 0) is 55.3 Å². The summed E-state index contributed by atoms with van der Waals surface area (Å²) in [4.78, 5) is 26.3. The molecule has 0 saturated heterocycles. The Morgan fingerprint density at radius 2 is 1.79 bits per heavy atom. The van der Waals surface area contributed by atoms with Gasteiger partial charge in [-0.1, -0.05) is 24.1 Å². The molecule has 0 bridgehead atoms. The molecule has 4 rings (SSSR count). The molecule has 3 heterocycles. The van der Waals surface area contributed by atoms with E-state index in [0.717, 1.165) is 16.3 Å². The number of benzene rings is 1. The number of aromatic nitrogens is 3. The zero-order chi connectivity index (χ0) is 20.1. The molecule has 1 aromatic carbocycles. The third-order valence-electron chi connectivity index (χ3n) is 4.01. The van der Waals surface area contributed by atoms with Crippen LogP contribution in [0.25, 0.3) is 10.7 Å². The first-order valence-electron chi connectivity index (χ1n) is 8.92. The normalized spacial score (nSPS) is 10.1. The largest absolute Gasteiger partial charge is 0.321 e. The van der Waals surface area contributed by atoms with Gasteiger partial charge in [0.1, 0.15) is 15.6 Å². The molecule has 0 unspecified atom stereocenters. The minimum atomic E-state index is -0.197. The zero-order valence-electron chi connectivity index (χ0n) is 15.6. The summed E-state index contributed by atoms with van der Waals surface area (Å²) < 4.78 is 0. The predicted molar refractivity (Wildman–Crippen MR) is 115 cm³/mol. The van der Waals surface area contributed by atoms with Crippen molar-refractivity contribution >= 4 is 22.9 Å². The molecule has 0 radical (unpaired) electrons. The first kappa shape index (κ1) is 18.5. The second-order valence-electron chi connectivity index (χ2n) is 6.15. The number of carbonyl (C=O) groups is 1. The Bertz CT molecular complexity index is 1210. The van der Waals surface area contributed by atoms with E-state index < -0.39 is 0 Å². The van der Waals surface area contributed by atoms with Crippen LogP contribution in [0.5, 0.6) is 0 Å². The van der Waals surface area contributed by atoms with Crippen LogP contribution in [0.3, 0.4) is 0 Å². The number of nitrogens with one attached hydrogen (secondary N) is 1. The smallest absolute Gasteiger partial charge is 0.267 e. The molecule has 4 aromatic rings. The number of hydrogen-bond acceptors (Lipinski definition) is 5. The van der Waals surface area contributed by atoms with Crippen LogP contribution in [0, 0.1) is 18.8 Å². The highest BCUT2D eigenvalue weighted by molar-refractivity contribution is 7.17. The Morgan fingerprint density at radius 3 is 2.55 bits per heavy atom. The highest BCUT2D eigenvalue weighted by Crippen LogP contribution is 2.27. The average molecular weight is 396 g/mol. The number of aryl methyl sites for hydroxylation is 1. The van der Waals surface area contributed by atoms with Gasteiger partial charge in [-0.3, -0.25) is 9.78 Å². The number of pyridine rings is 2. The van der Waals surface area contributed by atoms with Gasteiger partial charge in [-0.15, -0.1) is 11.3 Å². The molecule has 1 amide bonds. The molecule has 3 aromatic heterocycles. The summed E-state index contributed by atoms with van der Waals surface area (Å²) in [7, 11) is 0. The van der Waals surface area contributed by atoms with Gasteiger partial charge in [0, 0.05) is 23.6 Å². The molecule has 6 heteroatoms. The fourth-order valence-corrected chi connectivity index (χ4v) is 3.58. The molecule has 0 aliphatic heterocycles. The van der Waals surface area contributed by atoms with Crippen molar-refractivity contribution in [2.45, 2.75) is 6.92 Å². The van der Waals surface area contributed by atoms with Crippen LogP contribution in [0.4, 0.5) is 5.69 Å². The number of hydrogen-bond donors (Lipinski definition) is 1. The van der Waals surface area contributed by atoms with E-state index in [1.165, 1.54) is 11.3 Å². The van der Waals surface area contributed by atoms with Gasteiger partial charge >= 0.3 is 0 Å². The average Bonchev–Trinajstić information content (AvgIpc) is 3.16. The zero-order valence-corrected chi connectivity index (χ0v) is 16.4. The van der Waals surface area contributed by atoms with Gasteiger partial charge in [0.05, 0.1) is 11.4 Å². The van der Waals surface area contributed by atoms with E-state index >= 15 is 0 Å². The molecule has 1 N–H and O–H groups in total. The number of rotatable bonds is 3. The lowest BCUT2D eigenvalue weighted by atomic mass is 10.2. The number of amides is 1. The van der Waals surface area contributed by atoms with Crippen LogP contribution < -0.4 is 5.32 Å². The molecule has 5 nitrogen and oxygen atoms in total. The van der Waals surface area contributed by atoms with Crippen LogP contribution in [-0.2, 0) is 0 Å². The van der Waals surface area contributed by atoms with Crippen molar-refractivity contribution in [3.63, 3.8) is 0 Å². The van der Waals surface area contributed by atoms with Gasteiger partial charge in [0.25, 0.3) is 5.91 Å². The molecule has 0 fully saturated rings.